The van der Waals surface area contributed by atoms with E-state index in [-0.39, 0.29) is 35.8 Å². The molecule has 0 spiro atoms. The van der Waals surface area contributed by atoms with Gasteiger partial charge in [-0.3, -0.25) is 9.59 Å². The van der Waals surface area contributed by atoms with Gasteiger partial charge in [-0.05, 0) is 25.3 Å². The lowest BCUT2D eigenvalue weighted by molar-refractivity contribution is -0.153. The van der Waals surface area contributed by atoms with E-state index in [1.165, 1.54) is 26.3 Å². The Balaban J connectivity index is 1.72. The third-order valence-electron chi connectivity index (χ3n) is 5.36. The summed E-state index contributed by atoms with van der Waals surface area (Å²) in [5.41, 5.74) is 0.962. The molecule has 1 fully saturated rings. The number of nitrogens with one attached hydrogen (secondary N) is 1. The van der Waals surface area contributed by atoms with Crippen LogP contribution < -0.4 is 14.8 Å². The maximum atomic E-state index is 12.9. The number of benzene rings is 1. The summed E-state index contributed by atoms with van der Waals surface area (Å²) in [5, 5.41) is 2.58. The number of methoxy groups -OCH3 is 1. The number of hydrogen-bond acceptors (Lipinski definition) is 8. The van der Waals surface area contributed by atoms with Crippen LogP contribution in [-0.4, -0.2) is 55.3 Å². The van der Waals surface area contributed by atoms with Gasteiger partial charge in [-0.15, -0.1) is 0 Å². The van der Waals surface area contributed by atoms with Crippen LogP contribution in [0.25, 0.3) is 0 Å². The zero-order valence-electron chi connectivity index (χ0n) is 18.9. The normalized spacial score (nSPS) is 21.1. The molecule has 1 aliphatic heterocycles. The average Bonchev–Trinajstić information content (AvgIpc) is 2.85. The van der Waals surface area contributed by atoms with Crippen molar-refractivity contribution in [3.63, 3.8) is 0 Å². The predicted octanol–water partition coefficient (Wildman–Crippen LogP) is 2.32. The minimum Gasteiger partial charge on any atom is -0.493 e. The number of carbonyl (C=O) groups excluding carboxylic acids is 3. The molecule has 0 aliphatic carbocycles. The highest BCUT2D eigenvalue weighted by atomic mass is 16.6. The Morgan fingerprint density at radius 1 is 1.21 bits per heavy atom. The third-order valence-corrected chi connectivity index (χ3v) is 5.36. The summed E-state index contributed by atoms with van der Waals surface area (Å²) in [4.78, 5) is 41.2. The quantitative estimate of drug-likeness (QED) is 0.659. The Hall–Kier alpha value is -3.46. The summed E-state index contributed by atoms with van der Waals surface area (Å²) in [6.45, 7) is 3.41. The molecule has 9 heteroatoms. The third kappa shape index (κ3) is 6.52. The highest BCUT2D eigenvalue weighted by molar-refractivity contribution is 5.98. The summed E-state index contributed by atoms with van der Waals surface area (Å²) in [6, 6.07) is 10.4. The topological polar surface area (TPSA) is 113 Å². The first-order chi connectivity index (χ1) is 15.9. The van der Waals surface area contributed by atoms with Crippen LogP contribution in [-0.2, 0) is 25.5 Å². The molecule has 2 heterocycles. The lowest BCUT2D eigenvalue weighted by atomic mass is 9.92. The zero-order valence-corrected chi connectivity index (χ0v) is 18.9. The van der Waals surface area contributed by atoms with Crippen LogP contribution in [0.3, 0.4) is 0 Å². The van der Waals surface area contributed by atoms with E-state index in [2.05, 4.69) is 10.3 Å². The van der Waals surface area contributed by atoms with Crippen molar-refractivity contribution in [2.75, 3.05) is 20.3 Å². The second kappa shape index (κ2) is 11.4. The summed E-state index contributed by atoms with van der Waals surface area (Å²) in [5.74, 6) is -1.86. The van der Waals surface area contributed by atoms with Gasteiger partial charge in [-0.25, -0.2) is 9.78 Å². The van der Waals surface area contributed by atoms with Crippen LogP contribution >= 0.6 is 0 Å². The van der Waals surface area contributed by atoms with Crippen LogP contribution in [0.4, 0.5) is 0 Å². The van der Waals surface area contributed by atoms with E-state index in [9.17, 15) is 14.4 Å². The van der Waals surface area contributed by atoms with E-state index in [4.69, 9.17) is 18.9 Å². The van der Waals surface area contributed by atoms with Gasteiger partial charge in [-0.1, -0.05) is 30.3 Å². The first-order valence-electron chi connectivity index (χ1n) is 10.7. The van der Waals surface area contributed by atoms with Crippen LogP contribution in [0, 0.1) is 5.92 Å². The molecule has 3 atom stereocenters. The standard InChI is InChI=1S/C24H28N2O7/c1-15-18(13-17-7-5-4-6-8-17)10-12-31-14-19(24(29)32-15)26-23(28)21-22(33-16(2)27)20(30-3)9-11-25-21/h4-9,11,15,18-19H,10,12-14H2,1-3H3,(H,26,28)/t15-,18-,19-/m0/s1. The van der Waals surface area contributed by atoms with Crippen molar-refractivity contribution < 1.29 is 33.3 Å². The van der Waals surface area contributed by atoms with Crippen molar-refractivity contribution in [1.29, 1.82) is 0 Å². The van der Waals surface area contributed by atoms with E-state index in [1.807, 2.05) is 37.3 Å². The second-order valence-electron chi connectivity index (χ2n) is 7.77. The molecule has 1 aromatic carbocycles. The van der Waals surface area contributed by atoms with Crippen LogP contribution in [0.15, 0.2) is 42.6 Å². The van der Waals surface area contributed by atoms with Crippen LogP contribution in [0.5, 0.6) is 11.5 Å². The summed E-state index contributed by atoms with van der Waals surface area (Å²) in [7, 11) is 1.38. The van der Waals surface area contributed by atoms with E-state index in [0.717, 1.165) is 12.0 Å². The summed E-state index contributed by atoms with van der Waals surface area (Å²) in [6.07, 6.45) is 2.42. The molecular weight excluding hydrogens is 428 g/mol. The molecule has 0 bridgehead atoms. The fraction of sp³-hybridized carbons (Fsp3) is 0.417. The summed E-state index contributed by atoms with van der Waals surface area (Å²) < 4.78 is 21.6. The fourth-order valence-corrected chi connectivity index (χ4v) is 3.61. The minimum atomic E-state index is -1.05. The molecule has 1 N–H and O–H groups in total. The lowest BCUT2D eigenvalue weighted by Gasteiger charge is -2.24. The molecule has 1 amide bonds. The Bertz CT molecular complexity index is 980. The molecule has 9 nitrogen and oxygen atoms in total. The molecule has 2 aromatic rings. The van der Waals surface area contributed by atoms with Gasteiger partial charge in [0, 0.05) is 31.7 Å². The van der Waals surface area contributed by atoms with Crippen molar-refractivity contribution in [1.82, 2.24) is 10.3 Å². The molecule has 33 heavy (non-hydrogen) atoms. The van der Waals surface area contributed by atoms with Gasteiger partial charge in [0.15, 0.2) is 17.5 Å². The van der Waals surface area contributed by atoms with E-state index in [0.29, 0.717) is 13.0 Å². The Morgan fingerprint density at radius 3 is 2.67 bits per heavy atom. The SMILES string of the molecule is COc1ccnc(C(=O)N[C@H]2COCC[C@@H](Cc3ccccc3)[C@H](C)OC2=O)c1OC(C)=O. The number of cyclic esters (lactones) is 1. The highest BCUT2D eigenvalue weighted by Gasteiger charge is 2.31. The van der Waals surface area contributed by atoms with Crippen molar-refractivity contribution in [3.8, 4) is 11.5 Å². The molecule has 176 valence electrons. The molecule has 1 aromatic heterocycles. The first-order valence-corrected chi connectivity index (χ1v) is 10.7. The van der Waals surface area contributed by atoms with Crippen molar-refractivity contribution >= 4 is 17.8 Å². The average molecular weight is 456 g/mol. The number of nitrogens with zero attached hydrogens (tertiary/aromatic N) is 1. The van der Waals surface area contributed by atoms with E-state index >= 15 is 0 Å². The van der Waals surface area contributed by atoms with Gasteiger partial charge in [0.2, 0.25) is 5.75 Å². The highest BCUT2D eigenvalue weighted by Crippen LogP contribution is 2.30. The molecule has 3 rings (SSSR count). The van der Waals surface area contributed by atoms with Gasteiger partial charge >= 0.3 is 11.9 Å². The number of carbonyl (C=O) groups is 3. The van der Waals surface area contributed by atoms with E-state index in [1.54, 1.807) is 0 Å². The number of rotatable bonds is 6. The summed E-state index contributed by atoms with van der Waals surface area (Å²) >= 11 is 0. The van der Waals surface area contributed by atoms with Gasteiger partial charge in [0.25, 0.3) is 5.91 Å². The van der Waals surface area contributed by atoms with Gasteiger partial charge in [-0.2, -0.15) is 0 Å². The van der Waals surface area contributed by atoms with Crippen LogP contribution in [0.2, 0.25) is 0 Å². The first kappa shape index (κ1) is 24.2. The molecule has 0 unspecified atom stereocenters. The van der Waals surface area contributed by atoms with Gasteiger partial charge < -0.3 is 24.3 Å². The Labute approximate surface area is 192 Å². The van der Waals surface area contributed by atoms with Crippen molar-refractivity contribution in [2.24, 2.45) is 5.92 Å². The Kier molecular flexibility index (Phi) is 8.37. The minimum absolute atomic E-state index is 0.0534. The maximum Gasteiger partial charge on any atom is 0.331 e. The Morgan fingerprint density at radius 2 is 1.97 bits per heavy atom. The number of pyridine rings is 1. The second-order valence-corrected chi connectivity index (χ2v) is 7.77. The van der Waals surface area contributed by atoms with Crippen molar-refractivity contribution in [3.05, 3.63) is 53.9 Å². The maximum absolute atomic E-state index is 12.9. The zero-order chi connectivity index (χ0) is 23.8. The number of esters is 2. The number of ether oxygens (including phenoxy) is 4. The number of hydrogen-bond donors (Lipinski definition) is 1. The molecule has 1 saturated heterocycles. The van der Waals surface area contributed by atoms with Gasteiger partial charge in [0.05, 0.1) is 13.7 Å². The van der Waals surface area contributed by atoms with Gasteiger partial charge in [0.1, 0.15) is 6.10 Å². The largest absolute Gasteiger partial charge is 0.493 e. The monoisotopic (exact) mass is 456 g/mol. The molecule has 0 saturated carbocycles. The lowest BCUT2D eigenvalue weighted by Crippen LogP contribution is -2.46. The number of amides is 1. The van der Waals surface area contributed by atoms with Crippen molar-refractivity contribution in [2.45, 2.75) is 38.8 Å². The predicted molar refractivity (Wildman–Crippen MR) is 118 cm³/mol. The smallest absolute Gasteiger partial charge is 0.331 e. The molecule has 0 radical (unpaired) electrons. The molecular formula is C24H28N2O7. The number of aromatic nitrogens is 1. The fourth-order valence-electron chi connectivity index (χ4n) is 3.61. The molecule has 1 aliphatic rings. The van der Waals surface area contributed by atoms with E-state index < -0.39 is 23.9 Å². The van der Waals surface area contributed by atoms with Crippen LogP contribution in [0.1, 0.15) is 36.3 Å².